The number of aliphatic hydroxyl groups is 1. The fourth-order valence-corrected chi connectivity index (χ4v) is 2.15. The molecule has 1 heterocycles. The summed E-state index contributed by atoms with van der Waals surface area (Å²) in [5, 5.41) is 10.2. The Morgan fingerprint density at radius 2 is 1.94 bits per heavy atom. The summed E-state index contributed by atoms with van der Waals surface area (Å²) in [5.74, 6) is 0. The van der Waals surface area contributed by atoms with Crippen LogP contribution in [0.1, 0.15) is 19.0 Å². The van der Waals surface area contributed by atoms with Crippen LogP contribution in [0.3, 0.4) is 0 Å². The van der Waals surface area contributed by atoms with Crippen molar-refractivity contribution in [3.8, 4) is 0 Å². The number of rotatable bonds is 6. The number of fused-ring (bicyclic) bond motifs is 1. The van der Waals surface area contributed by atoms with Crippen molar-refractivity contribution < 1.29 is 5.11 Å². The molecule has 0 saturated heterocycles. The Balaban J connectivity index is 2.14. The van der Waals surface area contributed by atoms with E-state index in [0.717, 1.165) is 30.7 Å². The Hall–Kier alpha value is -1.45. The highest BCUT2D eigenvalue weighted by atomic mass is 16.3. The zero-order valence-electron chi connectivity index (χ0n) is 10.8. The first kappa shape index (κ1) is 13.0. The van der Waals surface area contributed by atoms with Crippen LogP contribution in [0.25, 0.3) is 10.9 Å². The Morgan fingerprint density at radius 1 is 1.11 bits per heavy atom. The molecule has 0 saturated carbocycles. The first-order valence-electron chi connectivity index (χ1n) is 6.51. The summed E-state index contributed by atoms with van der Waals surface area (Å²) in [5.41, 5.74) is 2.10. The number of nitrogens with zero attached hydrogens (tertiary/aromatic N) is 2. The van der Waals surface area contributed by atoms with Gasteiger partial charge in [0, 0.05) is 18.5 Å². The van der Waals surface area contributed by atoms with Crippen LogP contribution in [0, 0.1) is 0 Å². The van der Waals surface area contributed by atoms with Crippen LogP contribution in [0.15, 0.2) is 36.4 Å². The monoisotopic (exact) mass is 244 g/mol. The van der Waals surface area contributed by atoms with Crippen LogP contribution >= 0.6 is 0 Å². The highest BCUT2D eigenvalue weighted by molar-refractivity contribution is 5.78. The number of pyridine rings is 1. The number of benzene rings is 1. The molecule has 0 spiro atoms. The molecule has 18 heavy (non-hydrogen) atoms. The summed E-state index contributed by atoms with van der Waals surface area (Å²) >= 11 is 0. The van der Waals surface area contributed by atoms with Crippen LogP contribution in [-0.4, -0.2) is 34.7 Å². The Kier molecular flexibility index (Phi) is 4.67. The third-order valence-corrected chi connectivity index (χ3v) is 3.00. The maximum atomic E-state index is 9.05. The van der Waals surface area contributed by atoms with E-state index in [2.05, 4.69) is 35.0 Å². The molecule has 2 aromatic rings. The highest BCUT2D eigenvalue weighted by Crippen LogP contribution is 2.13. The lowest BCUT2D eigenvalue weighted by Crippen LogP contribution is -2.27. The van der Waals surface area contributed by atoms with E-state index < -0.39 is 0 Å². The van der Waals surface area contributed by atoms with Crippen molar-refractivity contribution in [2.24, 2.45) is 0 Å². The lowest BCUT2D eigenvalue weighted by atomic mass is 10.2. The van der Waals surface area contributed by atoms with Gasteiger partial charge in [0.2, 0.25) is 0 Å². The molecule has 2 rings (SSSR count). The maximum absolute atomic E-state index is 9.05. The zero-order valence-corrected chi connectivity index (χ0v) is 10.8. The van der Waals surface area contributed by atoms with E-state index >= 15 is 0 Å². The minimum Gasteiger partial charge on any atom is -0.395 e. The van der Waals surface area contributed by atoms with Gasteiger partial charge in [-0.2, -0.15) is 0 Å². The molecule has 0 radical (unpaired) electrons. The van der Waals surface area contributed by atoms with Crippen LogP contribution in [0.2, 0.25) is 0 Å². The Bertz CT molecular complexity index is 493. The average molecular weight is 244 g/mol. The molecule has 0 aliphatic carbocycles. The molecule has 0 unspecified atom stereocenters. The molecule has 3 heteroatoms. The summed E-state index contributed by atoms with van der Waals surface area (Å²) in [6, 6.07) is 12.3. The van der Waals surface area contributed by atoms with Crippen molar-refractivity contribution in [1.82, 2.24) is 9.88 Å². The summed E-state index contributed by atoms with van der Waals surface area (Å²) in [4.78, 5) is 6.89. The number of hydrogen-bond acceptors (Lipinski definition) is 3. The molecule has 0 aliphatic rings. The van der Waals surface area contributed by atoms with Crippen molar-refractivity contribution in [2.75, 3.05) is 19.7 Å². The van der Waals surface area contributed by atoms with Crippen molar-refractivity contribution in [1.29, 1.82) is 0 Å². The second kappa shape index (κ2) is 6.47. The van der Waals surface area contributed by atoms with E-state index in [1.165, 1.54) is 5.39 Å². The molecule has 0 aliphatic heterocycles. The lowest BCUT2D eigenvalue weighted by molar-refractivity contribution is 0.189. The minimum atomic E-state index is 0.202. The van der Waals surface area contributed by atoms with E-state index in [0.29, 0.717) is 6.54 Å². The smallest absolute Gasteiger partial charge is 0.0705 e. The van der Waals surface area contributed by atoms with E-state index in [1.54, 1.807) is 0 Å². The van der Waals surface area contributed by atoms with Crippen LogP contribution in [-0.2, 0) is 6.54 Å². The van der Waals surface area contributed by atoms with Gasteiger partial charge in [0.05, 0.1) is 17.8 Å². The third-order valence-electron chi connectivity index (χ3n) is 3.00. The SMILES string of the molecule is CCCN(CCO)Cc1ccc2ccccc2n1. The summed E-state index contributed by atoms with van der Waals surface area (Å²) < 4.78 is 0. The van der Waals surface area contributed by atoms with Crippen molar-refractivity contribution in [3.05, 3.63) is 42.1 Å². The zero-order chi connectivity index (χ0) is 12.8. The summed E-state index contributed by atoms with van der Waals surface area (Å²) in [6.07, 6.45) is 1.09. The number of para-hydroxylation sites is 1. The average Bonchev–Trinajstić information content (AvgIpc) is 2.39. The minimum absolute atomic E-state index is 0.202. The molecule has 1 aromatic carbocycles. The second-order valence-corrected chi connectivity index (χ2v) is 4.50. The molecule has 0 fully saturated rings. The third kappa shape index (κ3) is 3.28. The predicted octanol–water partition coefficient (Wildman–Crippen LogP) is 2.44. The molecule has 3 nitrogen and oxygen atoms in total. The molecule has 1 N–H and O–H groups in total. The number of hydrogen-bond donors (Lipinski definition) is 1. The fraction of sp³-hybridized carbons (Fsp3) is 0.400. The standard InChI is InChI=1S/C15H20N2O/c1-2-9-17(10-11-18)12-14-8-7-13-5-3-4-6-15(13)16-14/h3-8,18H,2,9-12H2,1H3. The molecular weight excluding hydrogens is 224 g/mol. The Morgan fingerprint density at radius 3 is 2.72 bits per heavy atom. The van der Waals surface area contributed by atoms with E-state index in [-0.39, 0.29) is 6.61 Å². The second-order valence-electron chi connectivity index (χ2n) is 4.50. The normalized spacial score (nSPS) is 11.3. The van der Waals surface area contributed by atoms with E-state index in [9.17, 15) is 0 Å². The first-order valence-corrected chi connectivity index (χ1v) is 6.51. The van der Waals surface area contributed by atoms with E-state index in [4.69, 9.17) is 5.11 Å². The molecule has 96 valence electrons. The van der Waals surface area contributed by atoms with Crippen LogP contribution in [0.5, 0.6) is 0 Å². The molecule has 0 bridgehead atoms. The van der Waals surface area contributed by atoms with Crippen molar-refractivity contribution in [3.63, 3.8) is 0 Å². The van der Waals surface area contributed by atoms with Gasteiger partial charge >= 0.3 is 0 Å². The van der Waals surface area contributed by atoms with Gasteiger partial charge in [-0.15, -0.1) is 0 Å². The lowest BCUT2D eigenvalue weighted by Gasteiger charge is -2.20. The van der Waals surface area contributed by atoms with Crippen LogP contribution < -0.4 is 0 Å². The molecular formula is C15H20N2O. The molecule has 0 amide bonds. The Labute approximate surface area is 108 Å². The fourth-order valence-electron chi connectivity index (χ4n) is 2.15. The van der Waals surface area contributed by atoms with Gasteiger partial charge in [-0.1, -0.05) is 31.2 Å². The largest absolute Gasteiger partial charge is 0.395 e. The maximum Gasteiger partial charge on any atom is 0.0705 e. The number of aliphatic hydroxyl groups excluding tert-OH is 1. The quantitative estimate of drug-likeness (QED) is 0.848. The predicted molar refractivity (Wildman–Crippen MR) is 74.4 cm³/mol. The first-order chi connectivity index (χ1) is 8.83. The van der Waals surface area contributed by atoms with Gasteiger partial charge in [0.15, 0.2) is 0 Å². The topological polar surface area (TPSA) is 36.4 Å². The van der Waals surface area contributed by atoms with Gasteiger partial charge in [-0.3, -0.25) is 9.88 Å². The van der Waals surface area contributed by atoms with Gasteiger partial charge < -0.3 is 5.11 Å². The van der Waals surface area contributed by atoms with Crippen LogP contribution in [0.4, 0.5) is 0 Å². The summed E-state index contributed by atoms with van der Waals surface area (Å²) in [7, 11) is 0. The summed E-state index contributed by atoms with van der Waals surface area (Å²) in [6.45, 7) is 4.86. The molecule has 0 atom stereocenters. The molecule has 1 aromatic heterocycles. The van der Waals surface area contributed by atoms with E-state index in [1.807, 2.05) is 18.2 Å². The van der Waals surface area contributed by atoms with Gasteiger partial charge in [0.1, 0.15) is 0 Å². The van der Waals surface area contributed by atoms with Crippen molar-refractivity contribution in [2.45, 2.75) is 19.9 Å². The highest BCUT2D eigenvalue weighted by Gasteiger charge is 2.05. The van der Waals surface area contributed by atoms with Crippen molar-refractivity contribution >= 4 is 10.9 Å². The number of aromatic nitrogens is 1. The van der Waals surface area contributed by atoms with Gasteiger partial charge in [-0.25, -0.2) is 0 Å². The van der Waals surface area contributed by atoms with Gasteiger partial charge in [-0.05, 0) is 25.1 Å². The van der Waals surface area contributed by atoms with Gasteiger partial charge in [0.25, 0.3) is 0 Å².